The summed E-state index contributed by atoms with van der Waals surface area (Å²) >= 11 is 0. The van der Waals surface area contributed by atoms with Crippen molar-refractivity contribution in [2.45, 2.75) is 6.42 Å². The van der Waals surface area contributed by atoms with Crippen LogP contribution in [0.4, 0.5) is 4.39 Å². The molecule has 2 aromatic rings. The van der Waals surface area contributed by atoms with Gasteiger partial charge in [0.15, 0.2) is 0 Å². The molecule has 1 aliphatic heterocycles. The van der Waals surface area contributed by atoms with E-state index in [0.29, 0.717) is 5.69 Å². The molecule has 1 aromatic heterocycles. The number of aromatic nitrogens is 1. The number of nitrogens with zero attached hydrogens (tertiary/aromatic N) is 1. The molecule has 2 heterocycles. The lowest BCUT2D eigenvalue weighted by Crippen LogP contribution is -1.86. The average Bonchev–Trinajstić information content (AvgIpc) is 2.75. The fourth-order valence-electron chi connectivity index (χ4n) is 1.91. The van der Waals surface area contributed by atoms with Crippen LogP contribution in [0.15, 0.2) is 36.5 Å². The van der Waals surface area contributed by atoms with Gasteiger partial charge in [-0.2, -0.15) is 0 Å². The Morgan fingerprint density at radius 2 is 2.12 bits per heavy atom. The zero-order chi connectivity index (χ0) is 11.0. The molecule has 80 valence electrons. The maximum Gasteiger partial charge on any atom is 0.126 e. The second kappa shape index (κ2) is 3.59. The second-order valence-corrected chi connectivity index (χ2v) is 3.78. The van der Waals surface area contributed by atoms with Gasteiger partial charge in [0.05, 0.1) is 12.3 Å². The fraction of sp³-hybridized carbons (Fsp3) is 0.154. The number of fused-ring (bicyclic) bond motifs is 1. The minimum atomic E-state index is -0.262. The fourth-order valence-corrected chi connectivity index (χ4v) is 1.91. The summed E-state index contributed by atoms with van der Waals surface area (Å²) < 4.78 is 18.5. The molecule has 0 atom stereocenters. The molecule has 0 unspecified atom stereocenters. The molecule has 0 fully saturated rings. The van der Waals surface area contributed by atoms with E-state index in [-0.39, 0.29) is 5.82 Å². The Labute approximate surface area is 92.7 Å². The number of hydrogen-bond donors (Lipinski definition) is 0. The van der Waals surface area contributed by atoms with E-state index >= 15 is 0 Å². The van der Waals surface area contributed by atoms with Crippen molar-refractivity contribution in [3.63, 3.8) is 0 Å². The van der Waals surface area contributed by atoms with Crippen molar-refractivity contribution >= 4 is 0 Å². The highest BCUT2D eigenvalue weighted by molar-refractivity contribution is 5.62. The molecule has 1 aliphatic rings. The van der Waals surface area contributed by atoms with Gasteiger partial charge in [0, 0.05) is 24.2 Å². The first-order valence-electron chi connectivity index (χ1n) is 5.20. The Morgan fingerprint density at radius 3 is 3.00 bits per heavy atom. The standard InChI is InChI=1S/C13H10FNO/c14-11-3-5-15-12(8-11)9-1-2-13-10(7-9)4-6-16-13/h1-3,5,7-8H,4,6H2. The van der Waals surface area contributed by atoms with Gasteiger partial charge in [-0.1, -0.05) is 0 Å². The van der Waals surface area contributed by atoms with E-state index < -0.39 is 0 Å². The van der Waals surface area contributed by atoms with Gasteiger partial charge in [-0.25, -0.2) is 4.39 Å². The molecule has 0 aliphatic carbocycles. The van der Waals surface area contributed by atoms with Gasteiger partial charge in [0.25, 0.3) is 0 Å². The molecule has 0 saturated carbocycles. The lowest BCUT2D eigenvalue weighted by molar-refractivity contribution is 0.357. The lowest BCUT2D eigenvalue weighted by atomic mass is 10.1. The SMILES string of the molecule is Fc1ccnc(-c2ccc3c(c2)CCO3)c1. The molecule has 0 N–H and O–H groups in total. The van der Waals surface area contributed by atoms with Gasteiger partial charge in [0.2, 0.25) is 0 Å². The first-order valence-corrected chi connectivity index (χ1v) is 5.20. The monoisotopic (exact) mass is 215 g/mol. The number of halogens is 1. The molecule has 16 heavy (non-hydrogen) atoms. The largest absolute Gasteiger partial charge is 0.493 e. The molecule has 0 radical (unpaired) electrons. The first kappa shape index (κ1) is 9.33. The van der Waals surface area contributed by atoms with Crippen LogP contribution in [-0.2, 0) is 6.42 Å². The summed E-state index contributed by atoms with van der Waals surface area (Å²) in [6.07, 6.45) is 2.40. The Balaban J connectivity index is 2.07. The quantitative estimate of drug-likeness (QED) is 0.729. The summed E-state index contributed by atoms with van der Waals surface area (Å²) in [5.41, 5.74) is 2.77. The topological polar surface area (TPSA) is 22.1 Å². The molecule has 2 nitrogen and oxygen atoms in total. The third kappa shape index (κ3) is 1.54. The van der Waals surface area contributed by atoms with E-state index in [1.807, 2.05) is 18.2 Å². The van der Waals surface area contributed by atoms with Crippen molar-refractivity contribution in [3.8, 4) is 17.0 Å². The van der Waals surface area contributed by atoms with Gasteiger partial charge in [-0.15, -0.1) is 0 Å². The summed E-state index contributed by atoms with van der Waals surface area (Å²) in [5, 5.41) is 0. The smallest absolute Gasteiger partial charge is 0.126 e. The highest BCUT2D eigenvalue weighted by Crippen LogP contribution is 2.29. The number of pyridine rings is 1. The minimum absolute atomic E-state index is 0.262. The van der Waals surface area contributed by atoms with Crippen LogP contribution in [0.3, 0.4) is 0 Å². The van der Waals surface area contributed by atoms with Crippen molar-refractivity contribution in [3.05, 3.63) is 47.9 Å². The van der Waals surface area contributed by atoms with Crippen LogP contribution in [0.2, 0.25) is 0 Å². The second-order valence-electron chi connectivity index (χ2n) is 3.78. The Kier molecular flexibility index (Phi) is 2.10. The van der Waals surface area contributed by atoms with Gasteiger partial charge in [0.1, 0.15) is 11.6 Å². The van der Waals surface area contributed by atoms with Crippen molar-refractivity contribution in [2.24, 2.45) is 0 Å². The van der Waals surface area contributed by atoms with Crippen LogP contribution in [0.1, 0.15) is 5.56 Å². The van der Waals surface area contributed by atoms with Crippen molar-refractivity contribution in [1.82, 2.24) is 4.98 Å². The minimum Gasteiger partial charge on any atom is -0.493 e. The molecule has 0 amide bonds. The normalized spacial score (nSPS) is 13.3. The van der Waals surface area contributed by atoms with E-state index in [2.05, 4.69) is 4.98 Å². The number of ether oxygens (including phenoxy) is 1. The molecule has 0 bridgehead atoms. The zero-order valence-corrected chi connectivity index (χ0v) is 8.61. The number of benzene rings is 1. The molecule has 0 spiro atoms. The predicted octanol–water partition coefficient (Wildman–Crippen LogP) is 2.82. The zero-order valence-electron chi connectivity index (χ0n) is 8.61. The van der Waals surface area contributed by atoms with Crippen LogP contribution in [0.5, 0.6) is 5.75 Å². The summed E-state index contributed by atoms with van der Waals surface area (Å²) in [4.78, 5) is 4.15. The lowest BCUT2D eigenvalue weighted by Gasteiger charge is -2.03. The Hall–Kier alpha value is -1.90. The highest BCUT2D eigenvalue weighted by Gasteiger charge is 2.13. The molecular formula is C13H10FNO. The van der Waals surface area contributed by atoms with E-state index in [1.165, 1.54) is 23.9 Å². The summed E-state index contributed by atoms with van der Waals surface area (Å²) in [6, 6.07) is 8.64. The maximum absolute atomic E-state index is 13.1. The predicted molar refractivity (Wildman–Crippen MR) is 58.8 cm³/mol. The molecule has 3 rings (SSSR count). The Bertz CT molecular complexity index is 539. The summed E-state index contributed by atoms with van der Waals surface area (Å²) in [6.45, 7) is 0.732. The van der Waals surface area contributed by atoms with Crippen molar-refractivity contribution < 1.29 is 9.13 Å². The molecule has 1 aromatic carbocycles. The molecule has 0 saturated heterocycles. The highest BCUT2D eigenvalue weighted by atomic mass is 19.1. The number of hydrogen-bond acceptors (Lipinski definition) is 2. The van der Waals surface area contributed by atoms with Gasteiger partial charge >= 0.3 is 0 Å². The van der Waals surface area contributed by atoms with Crippen LogP contribution in [-0.4, -0.2) is 11.6 Å². The van der Waals surface area contributed by atoms with Crippen molar-refractivity contribution in [2.75, 3.05) is 6.61 Å². The molecule has 3 heteroatoms. The van der Waals surface area contributed by atoms with Crippen LogP contribution in [0.25, 0.3) is 11.3 Å². The maximum atomic E-state index is 13.1. The number of rotatable bonds is 1. The van der Waals surface area contributed by atoms with E-state index in [4.69, 9.17) is 4.74 Å². The third-order valence-electron chi connectivity index (χ3n) is 2.71. The van der Waals surface area contributed by atoms with Crippen molar-refractivity contribution in [1.29, 1.82) is 0 Å². The van der Waals surface area contributed by atoms with Gasteiger partial charge < -0.3 is 4.74 Å². The Morgan fingerprint density at radius 1 is 1.19 bits per heavy atom. The van der Waals surface area contributed by atoms with Gasteiger partial charge in [-0.3, -0.25) is 4.98 Å². The summed E-state index contributed by atoms with van der Waals surface area (Å²) in [5.74, 6) is 0.668. The van der Waals surface area contributed by atoms with E-state index in [1.54, 1.807) is 0 Å². The molecular weight excluding hydrogens is 205 g/mol. The van der Waals surface area contributed by atoms with E-state index in [0.717, 1.165) is 24.3 Å². The van der Waals surface area contributed by atoms with Gasteiger partial charge in [-0.05, 0) is 29.8 Å². The van der Waals surface area contributed by atoms with E-state index in [9.17, 15) is 4.39 Å². The van der Waals surface area contributed by atoms with Crippen LogP contribution < -0.4 is 4.74 Å². The van der Waals surface area contributed by atoms with Crippen LogP contribution in [0, 0.1) is 5.82 Å². The average molecular weight is 215 g/mol. The third-order valence-corrected chi connectivity index (χ3v) is 2.71. The first-order chi connectivity index (χ1) is 7.83. The summed E-state index contributed by atoms with van der Waals surface area (Å²) in [7, 11) is 0. The van der Waals surface area contributed by atoms with Crippen LogP contribution >= 0.6 is 0 Å².